The van der Waals surface area contributed by atoms with Gasteiger partial charge in [0.05, 0.1) is 0 Å². The molecular weight excluding hydrogens is 244 g/mol. The summed E-state index contributed by atoms with van der Waals surface area (Å²) in [6, 6.07) is 4.62. The van der Waals surface area contributed by atoms with Gasteiger partial charge < -0.3 is 10.2 Å². The molecule has 0 fully saturated rings. The molecule has 102 valence electrons. The van der Waals surface area contributed by atoms with E-state index in [1.165, 1.54) is 9.75 Å². The minimum absolute atomic E-state index is 0.238. The molecule has 1 heterocycles. The third kappa shape index (κ3) is 4.42. The number of rotatable bonds is 7. The molecular formula is C14H24N2OS. The predicted octanol–water partition coefficient (Wildman–Crippen LogP) is 2.97. The molecule has 1 aromatic heterocycles. The normalized spacial score (nSPS) is 12.4. The fourth-order valence-corrected chi connectivity index (χ4v) is 2.82. The first kappa shape index (κ1) is 15.2. The second-order valence-electron chi connectivity index (χ2n) is 4.44. The van der Waals surface area contributed by atoms with Crippen LogP contribution in [0.25, 0.3) is 0 Å². The monoisotopic (exact) mass is 268 g/mol. The highest BCUT2D eigenvalue weighted by Crippen LogP contribution is 2.22. The van der Waals surface area contributed by atoms with Crippen molar-refractivity contribution in [3.63, 3.8) is 0 Å². The van der Waals surface area contributed by atoms with Crippen molar-refractivity contribution in [2.45, 2.75) is 40.2 Å². The lowest BCUT2D eigenvalue weighted by molar-refractivity contribution is -0.130. The Morgan fingerprint density at radius 3 is 2.56 bits per heavy atom. The quantitative estimate of drug-likeness (QED) is 0.824. The first-order chi connectivity index (χ1) is 8.58. The summed E-state index contributed by atoms with van der Waals surface area (Å²) < 4.78 is 0. The maximum Gasteiger partial charge on any atom is 0.223 e. The van der Waals surface area contributed by atoms with Gasteiger partial charge in [0, 0.05) is 41.9 Å². The van der Waals surface area contributed by atoms with E-state index in [1.54, 1.807) is 0 Å². The highest BCUT2D eigenvalue weighted by atomic mass is 32.1. The first-order valence-electron chi connectivity index (χ1n) is 6.66. The molecule has 0 aliphatic carbocycles. The number of carbonyl (C=O) groups is 1. The van der Waals surface area contributed by atoms with Gasteiger partial charge in [0.15, 0.2) is 0 Å². The zero-order valence-electron chi connectivity index (χ0n) is 11.8. The Kier molecular flexibility index (Phi) is 6.36. The summed E-state index contributed by atoms with van der Waals surface area (Å²) in [5, 5.41) is 3.41. The summed E-state index contributed by atoms with van der Waals surface area (Å²) in [6.45, 7) is 10.6. The van der Waals surface area contributed by atoms with Crippen LogP contribution in [0, 0.1) is 6.92 Å². The molecule has 0 aromatic carbocycles. The van der Waals surface area contributed by atoms with Crippen LogP contribution >= 0.6 is 11.3 Å². The molecule has 0 saturated heterocycles. The minimum Gasteiger partial charge on any atom is -0.343 e. The Balaban J connectivity index is 2.31. The Morgan fingerprint density at radius 1 is 1.39 bits per heavy atom. The highest BCUT2D eigenvalue weighted by molar-refractivity contribution is 7.12. The van der Waals surface area contributed by atoms with Gasteiger partial charge in [0.1, 0.15) is 0 Å². The van der Waals surface area contributed by atoms with E-state index >= 15 is 0 Å². The Hall–Kier alpha value is -0.870. The lowest BCUT2D eigenvalue weighted by atomic mass is 10.2. The minimum atomic E-state index is 0.238. The van der Waals surface area contributed by atoms with Crippen LogP contribution in [0.3, 0.4) is 0 Å². The van der Waals surface area contributed by atoms with E-state index in [4.69, 9.17) is 0 Å². The van der Waals surface area contributed by atoms with E-state index in [-0.39, 0.29) is 5.91 Å². The van der Waals surface area contributed by atoms with Crippen molar-refractivity contribution in [1.82, 2.24) is 10.2 Å². The highest BCUT2D eigenvalue weighted by Gasteiger charge is 2.11. The van der Waals surface area contributed by atoms with Gasteiger partial charge in [-0.2, -0.15) is 0 Å². The van der Waals surface area contributed by atoms with Gasteiger partial charge >= 0.3 is 0 Å². The van der Waals surface area contributed by atoms with E-state index in [9.17, 15) is 4.79 Å². The van der Waals surface area contributed by atoms with Crippen molar-refractivity contribution in [3.8, 4) is 0 Å². The third-order valence-electron chi connectivity index (χ3n) is 3.09. The van der Waals surface area contributed by atoms with Crippen LogP contribution in [-0.2, 0) is 4.79 Å². The summed E-state index contributed by atoms with van der Waals surface area (Å²) in [5.41, 5.74) is 0. The van der Waals surface area contributed by atoms with Gasteiger partial charge in [-0.1, -0.05) is 0 Å². The smallest absolute Gasteiger partial charge is 0.223 e. The fraction of sp³-hybridized carbons (Fsp3) is 0.643. The van der Waals surface area contributed by atoms with Gasteiger partial charge in [-0.15, -0.1) is 11.3 Å². The van der Waals surface area contributed by atoms with E-state index in [1.807, 2.05) is 30.1 Å². The number of thiophene rings is 1. The van der Waals surface area contributed by atoms with Crippen LogP contribution in [0.2, 0.25) is 0 Å². The van der Waals surface area contributed by atoms with Crippen LogP contribution in [0.5, 0.6) is 0 Å². The number of nitrogens with zero attached hydrogens (tertiary/aromatic N) is 1. The largest absolute Gasteiger partial charge is 0.343 e. The summed E-state index contributed by atoms with van der Waals surface area (Å²) in [4.78, 5) is 16.4. The standard InChI is InChI=1S/C14H24N2OS/c1-5-16(6-2)14(17)9-10-15-12(4)13-8-7-11(3)18-13/h7-8,12,15H,5-6,9-10H2,1-4H3. The molecule has 0 aliphatic rings. The average Bonchev–Trinajstić information content (AvgIpc) is 2.77. The predicted molar refractivity (Wildman–Crippen MR) is 78.0 cm³/mol. The van der Waals surface area contributed by atoms with Gasteiger partial charge in [-0.05, 0) is 39.8 Å². The van der Waals surface area contributed by atoms with Crippen LogP contribution < -0.4 is 5.32 Å². The van der Waals surface area contributed by atoms with Gasteiger partial charge in [0.25, 0.3) is 0 Å². The topological polar surface area (TPSA) is 32.3 Å². The number of hydrogen-bond acceptors (Lipinski definition) is 3. The molecule has 3 nitrogen and oxygen atoms in total. The van der Waals surface area contributed by atoms with Crippen molar-refractivity contribution in [2.75, 3.05) is 19.6 Å². The zero-order valence-corrected chi connectivity index (χ0v) is 12.6. The summed E-state index contributed by atoms with van der Waals surface area (Å²) >= 11 is 1.81. The average molecular weight is 268 g/mol. The van der Waals surface area contributed by atoms with Crippen LogP contribution in [0.4, 0.5) is 0 Å². The molecule has 18 heavy (non-hydrogen) atoms. The number of aryl methyl sites for hydroxylation is 1. The van der Waals surface area contributed by atoms with Gasteiger partial charge in [0.2, 0.25) is 5.91 Å². The second-order valence-corrected chi connectivity index (χ2v) is 5.76. The molecule has 0 spiro atoms. The van der Waals surface area contributed by atoms with Gasteiger partial charge in [-0.25, -0.2) is 0 Å². The van der Waals surface area contributed by atoms with Crippen molar-refractivity contribution >= 4 is 17.2 Å². The first-order valence-corrected chi connectivity index (χ1v) is 7.47. The van der Waals surface area contributed by atoms with E-state index in [0.717, 1.165) is 19.6 Å². The molecule has 1 aromatic rings. The van der Waals surface area contributed by atoms with E-state index in [0.29, 0.717) is 12.5 Å². The number of nitrogens with one attached hydrogen (secondary N) is 1. The molecule has 4 heteroatoms. The molecule has 1 unspecified atom stereocenters. The maximum atomic E-state index is 11.8. The van der Waals surface area contributed by atoms with E-state index in [2.05, 4.69) is 31.3 Å². The van der Waals surface area contributed by atoms with Crippen molar-refractivity contribution in [2.24, 2.45) is 0 Å². The Labute approximate surface area is 114 Å². The Bertz CT molecular complexity index is 372. The lowest BCUT2D eigenvalue weighted by Gasteiger charge is -2.19. The number of carbonyl (C=O) groups excluding carboxylic acids is 1. The van der Waals surface area contributed by atoms with Crippen LogP contribution in [0.1, 0.15) is 43.0 Å². The maximum absolute atomic E-state index is 11.8. The van der Waals surface area contributed by atoms with Crippen molar-refractivity contribution in [3.05, 3.63) is 21.9 Å². The summed E-state index contributed by atoms with van der Waals surface area (Å²) in [6.07, 6.45) is 0.580. The van der Waals surface area contributed by atoms with Crippen LogP contribution in [0.15, 0.2) is 12.1 Å². The van der Waals surface area contributed by atoms with Gasteiger partial charge in [-0.3, -0.25) is 4.79 Å². The van der Waals surface area contributed by atoms with Crippen molar-refractivity contribution in [1.29, 1.82) is 0 Å². The molecule has 0 radical (unpaired) electrons. The molecule has 1 amide bonds. The third-order valence-corrected chi connectivity index (χ3v) is 4.28. The fourth-order valence-electron chi connectivity index (χ4n) is 1.92. The van der Waals surface area contributed by atoms with Crippen molar-refractivity contribution < 1.29 is 4.79 Å². The molecule has 1 atom stereocenters. The molecule has 1 N–H and O–H groups in total. The van der Waals surface area contributed by atoms with E-state index < -0.39 is 0 Å². The molecule has 0 aliphatic heterocycles. The molecule has 0 bridgehead atoms. The second kappa shape index (κ2) is 7.54. The molecule has 0 saturated carbocycles. The Morgan fingerprint density at radius 2 is 2.06 bits per heavy atom. The number of hydrogen-bond donors (Lipinski definition) is 1. The number of amides is 1. The zero-order chi connectivity index (χ0) is 13.5. The summed E-state index contributed by atoms with van der Waals surface area (Å²) in [5.74, 6) is 0.238. The summed E-state index contributed by atoms with van der Waals surface area (Å²) in [7, 11) is 0. The lowest BCUT2D eigenvalue weighted by Crippen LogP contribution is -2.33. The SMILES string of the molecule is CCN(CC)C(=O)CCNC(C)c1ccc(C)s1. The van der Waals surface area contributed by atoms with Crippen LogP contribution in [-0.4, -0.2) is 30.4 Å². The molecule has 1 rings (SSSR count).